The van der Waals surface area contributed by atoms with Gasteiger partial charge in [-0.3, -0.25) is 4.79 Å². The number of aliphatic hydroxyl groups excluding tert-OH is 1. The van der Waals surface area contributed by atoms with Crippen molar-refractivity contribution in [2.75, 3.05) is 41.5 Å². The van der Waals surface area contributed by atoms with Crippen molar-refractivity contribution < 1.29 is 24.1 Å². The lowest BCUT2D eigenvalue weighted by molar-refractivity contribution is 0.0780. The van der Waals surface area contributed by atoms with Crippen LogP contribution in [-0.4, -0.2) is 57.4 Å². The lowest BCUT2D eigenvalue weighted by Gasteiger charge is -2.25. The highest BCUT2D eigenvalue weighted by Gasteiger charge is 2.23. The quantitative estimate of drug-likeness (QED) is 0.687. The normalized spacial score (nSPS) is 11.6. The van der Waals surface area contributed by atoms with Gasteiger partial charge in [0.2, 0.25) is 5.75 Å². The third-order valence-electron chi connectivity index (χ3n) is 4.58. The summed E-state index contributed by atoms with van der Waals surface area (Å²) < 4.78 is 16.0. The molecule has 0 heterocycles. The summed E-state index contributed by atoms with van der Waals surface area (Å²) in [5.74, 6) is 0.968. The molecule has 152 valence electrons. The van der Waals surface area contributed by atoms with Gasteiger partial charge in [0.05, 0.1) is 21.3 Å². The maximum Gasteiger partial charge on any atom is 0.253 e. The van der Waals surface area contributed by atoms with Crippen molar-refractivity contribution in [2.24, 2.45) is 0 Å². The Morgan fingerprint density at radius 3 is 2.21 bits per heavy atom. The lowest BCUT2D eigenvalue weighted by Crippen LogP contribution is -2.31. The number of rotatable bonds is 9. The Hall–Kier alpha value is -2.44. The molecule has 1 N–H and O–H groups in total. The number of ether oxygens (including phenoxy) is 3. The second kappa shape index (κ2) is 10.2. The number of hydrogen-bond acceptors (Lipinski definition) is 5. The average Bonchev–Trinajstić information content (AvgIpc) is 2.71. The molecule has 0 aliphatic heterocycles. The van der Waals surface area contributed by atoms with Gasteiger partial charge in [-0.25, -0.2) is 0 Å². The van der Waals surface area contributed by atoms with Crippen LogP contribution in [-0.2, 0) is 0 Å². The van der Waals surface area contributed by atoms with Crippen molar-refractivity contribution in [3.8, 4) is 17.2 Å². The minimum atomic E-state index is -0.200. The molecule has 2 aromatic carbocycles. The van der Waals surface area contributed by atoms with Crippen LogP contribution in [0.2, 0.25) is 5.02 Å². The van der Waals surface area contributed by atoms with Crippen LogP contribution in [0.4, 0.5) is 0 Å². The van der Waals surface area contributed by atoms with Crippen molar-refractivity contribution in [3.05, 3.63) is 52.5 Å². The topological polar surface area (TPSA) is 68.2 Å². The van der Waals surface area contributed by atoms with Gasteiger partial charge in [0.15, 0.2) is 11.5 Å². The minimum absolute atomic E-state index is 0.00209. The lowest BCUT2D eigenvalue weighted by atomic mass is 9.95. The van der Waals surface area contributed by atoms with Crippen LogP contribution in [0, 0.1) is 0 Å². The van der Waals surface area contributed by atoms with Gasteiger partial charge < -0.3 is 24.2 Å². The SMILES string of the molecule is COc1cc(C(=O)N(C)CC(CCO)c2ccccc2Cl)cc(OC)c1OC. The Bertz CT molecular complexity index is 786. The summed E-state index contributed by atoms with van der Waals surface area (Å²) in [5.41, 5.74) is 1.32. The molecule has 1 amide bonds. The van der Waals surface area contributed by atoms with Gasteiger partial charge in [0, 0.05) is 36.7 Å². The smallest absolute Gasteiger partial charge is 0.253 e. The molecule has 7 heteroatoms. The fourth-order valence-corrected chi connectivity index (χ4v) is 3.44. The van der Waals surface area contributed by atoms with Gasteiger partial charge in [-0.15, -0.1) is 0 Å². The van der Waals surface area contributed by atoms with Crippen LogP contribution in [0.5, 0.6) is 17.2 Å². The summed E-state index contributed by atoms with van der Waals surface area (Å²) in [7, 11) is 6.23. The maximum atomic E-state index is 13.0. The van der Waals surface area contributed by atoms with E-state index in [1.807, 2.05) is 24.3 Å². The number of likely N-dealkylation sites (N-methyl/N-ethyl adjacent to an activating group) is 1. The van der Waals surface area contributed by atoms with Gasteiger partial charge >= 0.3 is 0 Å². The summed E-state index contributed by atoms with van der Waals surface area (Å²) in [5, 5.41) is 10.1. The first kappa shape index (κ1) is 21.9. The number of methoxy groups -OCH3 is 3. The van der Waals surface area contributed by atoms with Gasteiger partial charge in [0.25, 0.3) is 5.91 Å². The first-order chi connectivity index (χ1) is 13.5. The zero-order valence-corrected chi connectivity index (χ0v) is 17.3. The number of nitrogens with zero attached hydrogens (tertiary/aromatic N) is 1. The summed E-state index contributed by atoms with van der Waals surface area (Å²) in [6.45, 7) is 0.405. The van der Waals surface area contributed by atoms with Crippen LogP contribution in [0.1, 0.15) is 28.3 Å². The van der Waals surface area contributed by atoms with Gasteiger partial charge in [0.1, 0.15) is 0 Å². The van der Waals surface area contributed by atoms with E-state index in [4.69, 9.17) is 25.8 Å². The Morgan fingerprint density at radius 2 is 1.71 bits per heavy atom. The number of carbonyl (C=O) groups excluding carboxylic acids is 1. The Morgan fingerprint density at radius 1 is 1.11 bits per heavy atom. The van der Waals surface area contributed by atoms with Crippen LogP contribution in [0.25, 0.3) is 0 Å². The third-order valence-corrected chi connectivity index (χ3v) is 4.92. The van der Waals surface area contributed by atoms with Crippen LogP contribution in [0.3, 0.4) is 0 Å². The Balaban J connectivity index is 2.29. The van der Waals surface area contributed by atoms with E-state index in [1.54, 1.807) is 24.1 Å². The maximum absolute atomic E-state index is 13.0. The van der Waals surface area contributed by atoms with Crippen LogP contribution < -0.4 is 14.2 Å². The fraction of sp³-hybridized carbons (Fsp3) is 0.381. The second-order valence-corrected chi connectivity index (χ2v) is 6.74. The molecular formula is C21H26ClNO5. The molecule has 0 bridgehead atoms. The zero-order chi connectivity index (χ0) is 20.7. The molecule has 0 radical (unpaired) electrons. The first-order valence-corrected chi connectivity index (χ1v) is 9.25. The molecule has 2 rings (SSSR count). The molecule has 0 aliphatic rings. The Kier molecular flexibility index (Phi) is 7.96. The summed E-state index contributed by atoms with van der Waals surface area (Å²) in [6, 6.07) is 10.7. The molecule has 0 aromatic heterocycles. The first-order valence-electron chi connectivity index (χ1n) is 8.87. The number of benzene rings is 2. The number of halogens is 1. The highest BCUT2D eigenvalue weighted by atomic mass is 35.5. The molecule has 1 atom stereocenters. The van der Waals surface area contributed by atoms with Crippen molar-refractivity contribution in [1.82, 2.24) is 4.90 Å². The van der Waals surface area contributed by atoms with E-state index in [0.717, 1.165) is 5.56 Å². The van der Waals surface area contributed by atoms with Crippen LogP contribution >= 0.6 is 11.6 Å². The third kappa shape index (κ3) is 4.88. The average molecular weight is 408 g/mol. The van der Waals surface area contributed by atoms with Crippen molar-refractivity contribution in [3.63, 3.8) is 0 Å². The largest absolute Gasteiger partial charge is 0.493 e. The number of amides is 1. The fourth-order valence-electron chi connectivity index (χ4n) is 3.15. The standard InChI is InChI=1S/C21H26ClNO5/c1-23(13-14(9-10-24)16-7-5-6-8-17(16)22)21(25)15-11-18(26-2)20(28-4)19(12-15)27-3/h5-8,11-12,14,24H,9-10,13H2,1-4H3. The molecule has 2 aromatic rings. The summed E-state index contributed by atoms with van der Waals surface area (Å²) >= 11 is 6.32. The van der Waals surface area contributed by atoms with Gasteiger partial charge in [-0.05, 0) is 30.2 Å². The molecule has 0 fully saturated rings. The Labute approximate surface area is 170 Å². The zero-order valence-electron chi connectivity index (χ0n) is 16.6. The number of hydrogen-bond donors (Lipinski definition) is 1. The van der Waals surface area contributed by atoms with Gasteiger partial charge in [-0.2, -0.15) is 0 Å². The van der Waals surface area contributed by atoms with Gasteiger partial charge in [-0.1, -0.05) is 29.8 Å². The van der Waals surface area contributed by atoms with E-state index in [1.165, 1.54) is 21.3 Å². The number of carbonyl (C=O) groups is 1. The molecule has 0 saturated carbocycles. The molecule has 0 spiro atoms. The highest BCUT2D eigenvalue weighted by molar-refractivity contribution is 6.31. The summed E-state index contributed by atoms with van der Waals surface area (Å²) in [4.78, 5) is 14.6. The van der Waals surface area contributed by atoms with Crippen molar-refractivity contribution >= 4 is 17.5 Å². The second-order valence-electron chi connectivity index (χ2n) is 6.33. The molecule has 1 unspecified atom stereocenters. The van der Waals surface area contributed by atoms with Crippen LogP contribution in [0.15, 0.2) is 36.4 Å². The van der Waals surface area contributed by atoms with Crippen molar-refractivity contribution in [2.45, 2.75) is 12.3 Å². The predicted octanol–water partition coefficient (Wildman–Crippen LogP) is 3.60. The van der Waals surface area contributed by atoms with E-state index in [2.05, 4.69) is 0 Å². The molecule has 28 heavy (non-hydrogen) atoms. The minimum Gasteiger partial charge on any atom is -0.493 e. The van der Waals surface area contributed by atoms with E-state index in [-0.39, 0.29) is 18.4 Å². The van der Waals surface area contributed by atoms with Crippen molar-refractivity contribution in [1.29, 1.82) is 0 Å². The van der Waals surface area contributed by atoms with E-state index >= 15 is 0 Å². The summed E-state index contributed by atoms with van der Waals surface area (Å²) in [6.07, 6.45) is 0.497. The number of aliphatic hydroxyl groups is 1. The monoisotopic (exact) mass is 407 g/mol. The molecule has 0 aliphatic carbocycles. The highest BCUT2D eigenvalue weighted by Crippen LogP contribution is 2.38. The van der Waals surface area contributed by atoms with E-state index in [9.17, 15) is 9.90 Å². The predicted molar refractivity (Wildman–Crippen MR) is 109 cm³/mol. The van der Waals surface area contributed by atoms with E-state index < -0.39 is 0 Å². The molecule has 6 nitrogen and oxygen atoms in total. The molecular weight excluding hydrogens is 382 g/mol. The molecule has 0 saturated heterocycles. The van der Waals surface area contributed by atoms with E-state index in [0.29, 0.717) is 40.8 Å².